The minimum atomic E-state index is -0.318. The lowest BCUT2D eigenvalue weighted by atomic mass is 10.3. The average molecular weight is 214 g/mol. The maximum absolute atomic E-state index is 11.6. The number of nitrogens with one attached hydrogen (secondary N) is 1. The number of rotatable bonds is 2. The van der Waals surface area contributed by atoms with Gasteiger partial charge in [-0.05, 0) is 0 Å². The zero-order valence-electron chi connectivity index (χ0n) is 8.67. The molecule has 0 aromatic heterocycles. The molecular weight excluding hydrogens is 200 g/mol. The molecule has 7 heteroatoms. The topological polar surface area (TPSA) is 76.1 Å². The van der Waals surface area contributed by atoms with Crippen LogP contribution in [0.15, 0.2) is 0 Å². The lowest BCUT2D eigenvalue weighted by Gasteiger charge is -2.25. The van der Waals surface area contributed by atoms with Gasteiger partial charge in [0, 0.05) is 20.6 Å². The van der Waals surface area contributed by atoms with Crippen LogP contribution < -0.4 is 5.32 Å². The summed E-state index contributed by atoms with van der Waals surface area (Å²) in [4.78, 5) is 27.5. The summed E-state index contributed by atoms with van der Waals surface area (Å²) < 4.78 is 0. The van der Waals surface area contributed by atoms with Crippen LogP contribution in [-0.2, 0) is 0 Å². The van der Waals surface area contributed by atoms with Crippen molar-refractivity contribution >= 4 is 12.1 Å². The van der Waals surface area contributed by atoms with Crippen LogP contribution in [0.25, 0.3) is 0 Å². The van der Waals surface area contributed by atoms with Gasteiger partial charge in [0.2, 0.25) is 0 Å². The normalized spacial score (nSPS) is 29.9. The summed E-state index contributed by atoms with van der Waals surface area (Å²) in [5.74, 6) is 0. The van der Waals surface area contributed by atoms with Crippen LogP contribution in [0.2, 0.25) is 0 Å². The number of amides is 4. The van der Waals surface area contributed by atoms with Gasteiger partial charge >= 0.3 is 12.1 Å². The summed E-state index contributed by atoms with van der Waals surface area (Å²) in [5, 5.41) is 11.5. The minimum absolute atomic E-state index is 0.109. The van der Waals surface area contributed by atoms with E-state index in [0.717, 1.165) is 0 Å². The van der Waals surface area contributed by atoms with Gasteiger partial charge in [-0.25, -0.2) is 9.59 Å². The Morgan fingerprint density at radius 3 is 2.60 bits per heavy atom. The maximum atomic E-state index is 11.6. The monoisotopic (exact) mass is 214 g/mol. The molecule has 2 rings (SSSR count). The van der Waals surface area contributed by atoms with E-state index in [1.807, 2.05) is 0 Å². The molecule has 2 aliphatic heterocycles. The van der Waals surface area contributed by atoms with Crippen molar-refractivity contribution in [3.8, 4) is 0 Å². The lowest BCUT2D eigenvalue weighted by Crippen LogP contribution is -2.45. The minimum Gasteiger partial charge on any atom is -0.395 e. The highest BCUT2D eigenvalue weighted by Crippen LogP contribution is 2.25. The Bertz CT molecular complexity index is 308. The molecule has 0 spiro atoms. The number of hydrogen-bond acceptors (Lipinski definition) is 3. The van der Waals surface area contributed by atoms with Crippen molar-refractivity contribution in [1.29, 1.82) is 0 Å². The first-order chi connectivity index (χ1) is 7.07. The van der Waals surface area contributed by atoms with Crippen molar-refractivity contribution in [2.24, 2.45) is 0 Å². The molecule has 7 nitrogen and oxygen atoms in total. The van der Waals surface area contributed by atoms with Crippen LogP contribution in [0.5, 0.6) is 0 Å². The number of carbonyl (C=O) groups is 2. The van der Waals surface area contributed by atoms with Gasteiger partial charge in [0.25, 0.3) is 0 Å². The smallest absolute Gasteiger partial charge is 0.323 e. The van der Waals surface area contributed by atoms with E-state index in [-0.39, 0.29) is 37.5 Å². The fourth-order valence-electron chi connectivity index (χ4n) is 2.11. The number of nitrogens with zero attached hydrogens (tertiary/aromatic N) is 3. The molecule has 0 bridgehead atoms. The predicted molar refractivity (Wildman–Crippen MR) is 50.8 cm³/mol. The quantitative estimate of drug-likeness (QED) is 0.597. The van der Waals surface area contributed by atoms with Gasteiger partial charge in [0.15, 0.2) is 0 Å². The molecule has 0 aliphatic carbocycles. The molecule has 4 amide bonds. The van der Waals surface area contributed by atoms with E-state index in [4.69, 9.17) is 5.11 Å². The van der Waals surface area contributed by atoms with Crippen LogP contribution in [0.1, 0.15) is 0 Å². The maximum Gasteiger partial charge on any atom is 0.323 e. The number of urea groups is 2. The number of hydrogen-bond donors (Lipinski definition) is 2. The van der Waals surface area contributed by atoms with Gasteiger partial charge in [0.05, 0.1) is 6.61 Å². The Morgan fingerprint density at radius 1 is 1.33 bits per heavy atom. The van der Waals surface area contributed by atoms with E-state index in [1.165, 1.54) is 14.7 Å². The SMILES string of the molecule is CN1C(=O)N(C)[C@H]2[C@H]1NC(=O)N2CCO. The third-order valence-corrected chi connectivity index (χ3v) is 2.89. The van der Waals surface area contributed by atoms with Crippen molar-refractivity contribution in [2.75, 3.05) is 27.2 Å². The molecule has 2 heterocycles. The van der Waals surface area contributed by atoms with Gasteiger partial charge in [-0.3, -0.25) is 4.90 Å². The summed E-state index contributed by atoms with van der Waals surface area (Å²) in [7, 11) is 3.29. The van der Waals surface area contributed by atoms with Gasteiger partial charge in [-0.15, -0.1) is 0 Å². The van der Waals surface area contributed by atoms with Crippen LogP contribution >= 0.6 is 0 Å². The second kappa shape index (κ2) is 3.27. The predicted octanol–water partition coefficient (Wildman–Crippen LogP) is -1.35. The zero-order chi connectivity index (χ0) is 11.2. The molecule has 0 radical (unpaired) electrons. The van der Waals surface area contributed by atoms with Gasteiger partial charge in [-0.1, -0.05) is 0 Å². The summed E-state index contributed by atoms with van der Waals surface area (Å²) in [6.07, 6.45) is -0.635. The summed E-state index contributed by atoms with van der Waals surface area (Å²) in [6.45, 7) is 0.126. The van der Waals surface area contributed by atoms with E-state index in [1.54, 1.807) is 14.1 Å². The third kappa shape index (κ3) is 1.23. The number of aliphatic hydroxyl groups excluding tert-OH is 1. The molecule has 2 N–H and O–H groups in total. The van der Waals surface area contributed by atoms with E-state index in [2.05, 4.69) is 5.32 Å². The Labute approximate surface area is 87.2 Å². The first-order valence-corrected chi connectivity index (χ1v) is 4.75. The lowest BCUT2D eigenvalue weighted by molar-refractivity contribution is 0.126. The van der Waals surface area contributed by atoms with E-state index >= 15 is 0 Å². The Hall–Kier alpha value is -1.50. The largest absolute Gasteiger partial charge is 0.395 e. The molecule has 2 fully saturated rings. The Balaban J connectivity index is 2.24. The van der Waals surface area contributed by atoms with Crippen LogP contribution in [0.3, 0.4) is 0 Å². The van der Waals surface area contributed by atoms with Gasteiger partial charge in [0.1, 0.15) is 12.3 Å². The Kier molecular flexibility index (Phi) is 2.18. The van der Waals surface area contributed by atoms with Crippen LogP contribution in [0.4, 0.5) is 9.59 Å². The second-order valence-corrected chi connectivity index (χ2v) is 3.73. The summed E-state index contributed by atoms with van der Waals surface area (Å²) in [6, 6.07) is -0.377. The first-order valence-electron chi connectivity index (χ1n) is 4.75. The molecule has 84 valence electrons. The highest BCUT2D eigenvalue weighted by atomic mass is 16.3. The van der Waals surface area contributed by atoms with E-state index < -0.39 is 0 Å². The molecule has 0 aromatic rings. The second-order valence-electron chi connectivity index (χ2n) is 3.73. The van der Waals surface area contributed by atoms with E-state index in [0.29, 0.717) is 0 Å². The standard InChI is InChI=1S/C8H14N4O3/c1-10-5-6(11(2)8(10)15)12(3-4-13)7(14)9-5/h5-6,13H,3-4H2,1-2H3,(H,9,14)/t5-,6+/m0/s1. The molecule has 0 aromatic carbocycles. The van der Waals surface area contributed by atoms with Gasteiger partial charge in [-0.2, -0.15) is 0 Å². The highest BCUT2D eigenvalue weighted by molar-refractivity contribution is 5.84. The first kappa shape index (κ1) is 10.0. The number of aliphatic hydroxyl groups is 1. The van der Waals surface area contributed by atoms with Crippen molar-refractivity contribution in [3.05, 3.63) is 0 Å². The molecule has 2 aliphatic rings. The molecule has 2 saturated heterocycles. The average Bonchev–Trinajstić information content (AvgIpc) is 2.62. The van der Waals surface area contributed by atoms with Crippen molar-refractivity contribution in [2.45, 2.75) is 12.3 Å². The molecule has 2 atom stereocenters. The fourth-order valence-corrected chi connectivity index (χ4v) is 2.11. The zero-order valence-corrected chi connectivity index (χ0v) is 8.67. The van der Waals surface area contributed by atoms with Crippen molar-refractivity contribution in [1.82, 2.24) is 20.0 Å². The Morgan fingerprint density at radius 2 is 2.00 bits per heavy atom. The highest BCUT2D eigenvalue weighted by Gasteiger charge is 2.52. The summed E-state index contributed by atoms with van der Waals surface area (Å²) in [5.41, 5.74) is 0. The van der Waals surface area contributed by atoms with Crippen molar-refractivity contribution < 1.29 is 14.7 Å². The molecule has 0 saturated carbocycles. The van der Waals surface area contributed by atoms with Crippen LogP contribution in [0, 0.1) is 0 Å². The fraction of sp³-hybridized carbons (Fsp3) is 0.750. The van der Waals surface area contributed by atoms with Crippen LogP contribution in [-0.4, -0.2) is 71.4 Å². The number of likely N-dealkylation sites (N-methyl/N-ethyl adjacent to an activating group) is 2. The number of fused-ring (bicyclic) bond motifs is 1. The molecule has 0 unspecified atom stereocenters. The third-order valence-electron chi connectivity index (χ3n) is 2.89. The molecule has 15 heavy (non-hydrogen) atoms. The molecular formula is C8H14N4O3. The van der Waals surface area contributed by atoms with Gasteiger partial charge < -0.3 is 20.2 Å². The van der Waals surface area contributed by atoms with Crippen molar-refractivity contribution in [3.63, 3.8) is 0 Å². The number of β-amino-alcohol motifs (C(OH)–C–C–N with tert-alkyl or cyclic N) is 1. The number of carbonyl (C=O) groups excluding carboxylic acids is 2. The van der Waals surface area contributed by atoms with E-state index in [9.17, 15) is 9.59 Å². The summed E-state index contributed by atoms with van der Waals surface area (Å²) >= 11 is 0.